The van der Waals surface area contributed by atoms with E-state index in [0.29, 0.717) is 5.92 Å². The van der Waals surface area contributed by atoms with E-state index in [0.717, 1.165) is 17.1 Å². The number of nitrogens with one attached hydrogen (secondary N) is 1. The van der Waals surface area contributed by atoms with Crippen molar-refractivity contribution in [3.63, 3.8) is 0 Å². The average Bonchev–Trinajstić information content (AvgIpc) is 2.88. The van der Waals surface area contributed by atoms with E-state index in [-0.39, 0.29) is 24.0 Å². The largest absolute Gasteiger partial charge is 0.454 e. The van der Waals surface area contributed by atoms with Crippen LogP contribution in [0.1, 0.15) is 38.2 Å². The molecule has 5 nitrogen and oxygen atoms in total. The van der Waals surface area contributed by atoms with Crippen LogP contribution >= 0.6 is 0 Å². The first-order valence-corrected chi connectivity index (χ1v) is 7.91. The van der Waals surface area contributed by atoms with Crippen LogP contribution in [0, 0.1) is 17.3 Å². The number of benzene rings is 1. The smallest absolute Gasteiger partial charge is 0.244 e. The Morgan fingerprint density at radius 2 is 2.23 bits per heavy atom. The normalized spacial score (nSPS) is 31.9. The van der Waals surface area contributed by atoms with Crippen LogP contribution in [0.25, 0.3) is 0 Å². The molecule has 3 atom stereocenters. The van der Waals surface area contributed by atoms with Gasteiger partial charge in [0.05, 0.1) is 6.21 Å². The molecule has 0 bridgehead atoms. The Hall–Kier alpha value is -2.04. The highest BCUT2D eigenvalue weighted by atomic mass is 16.7. The van der Waals surface area contributed by atoms with Gasteiger partial charge in [0.1, 0.15) is 0 Å². The van der Waals surface area contributed by atoms with Gasteiger partial charge in [-0.25, -0.2) is 5.43 Å². The predicted octanol–water partition coefficient (Wildman–Crippen LogP) is 2.69. The third kappa shape index (κ3) is 2.16. The predicted molar refractivity (Wildman–Crippen MR) is 81.9 cm³/mol. The van der Waals surface area contributed by atoms with Crippen molar-refractivity contribution in [3.8, 4) is 11.5 Å². The molecule has 2 aliphatic carbocycles. The number of fused-ring (bicyclic) bond motifs is 2. The van der Waals surface area contributed by atoms with E-state index in [2.05, 4.69) is 17.5 Å². The maximum absolute atomic E-state index is 12.3. The number of nitrogens with zero attached hydrogens (tertiary/aromatic N) is 1. The van der Waals surface area contributed by atoms with Gasteiger partial charge < -0.3 is 9.47 Å². The zero-order valence-electron chi connectivity index (χ0n) is 12.7. The second kappa shape index (κ2) is 5.00. The van der Waals surface area contributed by atoms with Crippen molar-refractivity contribution in [3.05, 3.63) is 23.8 Å². The fourth-order valence-corrected chi connectivity index (χ4v) is 4.08. The lowest BCUT2D eigenvalue weighted by molar-refractivity contribution is -0.123. The van der Waals surface area contributed by atoms with Gasteiger partial charge in [-0.05, 0) is 47.9 Å². The highest BCUT2D eigenvalue weighted by Crippen LogP contribution is 2.66. The van der Waals surface area contributed by atoms with Gasteiger partial charge in [0.15, 0.2) is 11.5 Å². The zero-order chi connectivity index (χ0) is 15.2. The van der Waals surface area contributed by atoms with E-state index in [1.807, 2.05) is 18.2 Å². The van der Waals surface area contributed by atoms with E-state index in [9.17, 15) is 4.79 Å². The van der Waals surface area contributed by atoms with Gasteiger partial charge in [-0.15, -0.1) is 0 Å². The summed E-state index contributed by atoms with van der Waals surface area (Å²) in [5.74, 6) is 2.23. The molecule has 2 saturated carbocycles. The van der Waals surface area contributed by atoms with Gasteiger partial charge >= 0.3 is 0 Å². The van der Waals surface area contributed by atoms with Crippen LogP contribution in [0.5, 0.6) is 11.5 Å². The first-order chi connectivity index (χ1) is 10.7. The molecule has 1 amide bonds. The average molecular weight is 300 g/mol. The Morgan fingerprint density at radius 1 is 1.36 bits per heavy atom. The Balaban J connectivity index is 1.37. The van der Waals surface area contributed by atoms with Gasteiger partial charge in [0, 0.05) is 5.92 Å². The van der Waals surface area contributed by atoms with E-state index >= 15 is 0 Å². The summed E-state index contributed by atoms with van der Waals surface area (Å²) in [6, 6.07) is 5.60. The second-order valence-electron chi connectivity index (χ2n) is 6.68. The maximum atomic E-state index is 12.3. The van der Waals surface area contributed by atoms with Gasteiger partial charge in [-0.3, -0.25) is 4.79 Å². The second-order valence-corrected chi connectivity index (χ2v) is 6.68. The molecule has 0 spiro atoms. The van der Waals surface area contributed by atoms with Crippen molar-refractivity contribution in [1.29, 1.82) is 0 Å². The topological polar surface area (TPSA) is 59.9 Å². The molecule has 4 rings (SSSR count). The number of hydrogen-bond acceptors (Lipinski definition) is 4. The number of amides is 1. The third-order valence-electron chi connectivity index (χ3n) is 5.40. The molecule has 0 aromatic heterocycles. The number of carbonyl (C=O) groups excluding carboxylic acids is 1. The van der Waals surface area contributed by atoms with E-state index in [1.54, 1.807) is 6.21 Å². The summed E-state index contributed by atoms with van der Waals surface area (Å²) in [5.41, 5.74) is 3.80. The lowest BCUT2D eigenvalue weighted by atomic mass is 9.90. The summed E-state index contributed by atoms with van der Waals surface area (Å²) < 4.78 is 10.6. The number of hydrogen-bond donors (Lipinski definition) is 1. The van der Waals surface area contributed by atoms with Gasteiger partial charge in [0.25, 0.3) is 0 Å². The van der Waals surface area contributed by atoms with Crippen LogP contribution in [-0.2, 0) is 4.79 Å². The summed E-state index contributed by atoms with van der Waals surface area (Å²) in [6.07, 6.45) is 6.50. The minimum absolute atomic E-state index is 0.0615. The van der Waals surface area contributed by atoms with E-state index < -0.39 is 0 Å². The van der Waals surface area contributed by atoms with Crippen LogP contribution in [0.2, 0.25) is 0 Å². The maximum Gasteiger partial charge on any atom is 0.244 e. The molecule has 0 radical (unpaired) electrons. The summed E-state index contributed by atoms with van der Waals surface area (Å²) in [7, 11) is 0. The molecular weight excluding hydrogens is 280 g/mol. The molecular formula is C17H20N2O3. The first-order valence-electron chi connectivity index (χ1n) is 7.91. The fourth-order valence-electron chi connectivity index (χ4n) is 4.08. The van der Waals surface area contributed by atoms with Crippen LogP contribution in [0.3, 0.4) is 0 Å². The van der Waals surface area contributed by atoms with Crippen molar-refractivity contribution < 1.29 is 14.3 Å². The van der Waals surface area contributed by atoms with E-state index in [1.165, 1.54) is 25.7 Å². The summed E-state index contributed by atoms with van der Waals surface area (Å²) in [5, 5.41) is 4.10. The minimum atomic E-state index is 0.0615. The lowest BCUT2D eigenvalue weighted by Crippen LogP contribution is -2.22. The Bertz CT molecular complexity index is 643. The van der Waals surface area contributed by atoms with Gasteiger partial charge in [-0.2, -0.15) is 5.10 Å². The molecule has 1 aromatic carbocycles. The quantitative estimate of drug-likeness (QED) is 0.689. The molecule has 1 heterocycles. The molecule has 0 unspecified atom stereocenters. The molecule has 3 aliphatic rings. The van der Waals surface area contributed by atoms with Gasteiger partial charge in [0.2, 0.25) is 12.7 Å². The highest BCUT2D eigenvalue weighted by molar-refractivity contribution is 5.86. The molecule has 0 saturated heterocycles. The van der Waals surface area contributed by atoms with Gasteiger partial charge in [-0.1, -0.05) is 19.8 Å². The molecule has 116 valence electrons. The van der Waals surface area contributed by atoms with Crippen LogP contribution in [0.4, 0.5) is 0 Å². The highest BCUT2D eigenvalue weighted by Gasteiger charge is 2.64. The van der Waals surface area contributed by atoms with Crippen molar-refractivity contribution in [2.24, 2.45) is 22.4 Å². The van der Waals surface area contributed by atoms with Crippen LogP contribution < -0.4 is 14.9 Å². The van der Waals surface area contributed by atoms with Crippen molar-refractivity contribution >= 4 is 12.1 Å². The Labute approximate surface area is 129 Å². The SMILES string of the molecule is C[C@]12CCCC[C@H]1[C@@H]2C(=O)N/N=C\c1ccc2c(c1)OCO2. The monoisotopic (exact) mass is 300 g/mol. The number of ether oxygens (including phenoxy) is 2. The minimum Gasteiger partial charge on any atom is -0.454 e. The van der Waals surface area contributed by atoms with Crippen LogP contribution in [-0.4, -0.2) is 18.9 Å². The fraction of sp³-hybridized carbons (Fsp3) is 0.529. The van der Waals surface area contributed by atoms with Crippen LogP contribution in [0.15, 0.2) is 23.3 Å². The molecule has 1 N–H and O–H groups in total. The third-order valence-corrected chi connectivity index (χ3v) is 5.40. The zero-order valence-corrected chi connectivity index (χ0v) is 12.7. The van der Waals surface area contributed by atoms with E-state index in [4.69, 9.17) is 9.47 Å². The Morgan fingerprint density at radius 3 is 3.05 bits per heavy atom. The summed E-state index contributed by atoms with van der Waals surface area (Å²) >= 11 is 0. The molecule has 1 aromatic rings. The molecule has 5 heteroatoms. The van der Waals surface area contributed by atoms with Crippen molar-refractivity contribution in [2.45, 2.75) is 32.6 Å². The van der Waals surface area contributed by atoms with Crippen molar-refractivity contribution in [2.75, 3.05) is 6.79 Å². The number of carbonyl (C=O) groups is 1. The summed E-state index contributed by atoms with van der Waals surface area (Å²) in [4.78, 5) is 12.3. The molecule has 22 heavy (non-hydrogen) atoms. The molecule has 1 aliphatic heterocycles. The van der Waals surface area contributed by atoms with Crippen molar-refractivity contribution in [1.82, 2.24) is 5.43 Å². The number of rotatable bonds is 3. The lowest BCUT2D eigenvalue weighted by Gasteiger charge is -2.15. The Kier molecular flexibility index (Phi) is 3.10. The molecule has 2 fully saturated rings. The standard InChI is InChI=1S/C17H20N2O3/c1-17-7-3-2-4-12(17)15(17)16(20)19-18-9-11-5-6-13-14(8-11)22-10-21-13/h5-6,8-9,12,15H,2-4,7,10H2,1H3,(H,19,20)/b18-9-/t12-,15+,17-/m0/s1. The number of hydrazone groups is 1. The summed E-state index contributed by atoms with van der Waals surface area (Å²) in [6.45, 7) is 2.50. The first kappa shape index (κ1) is 13.6.